The van der Waals surface area contributed by atoms with Crippen molar-refractivity contribution in [3.63, 3.8) is 0 Å². The molecule has 1 aromatic carbocycles. The van der Waals surface area contributed by atoms with E-state index in [1.54, 1.807) is 0 Å². The first-order valence-corrected chi connectivity index (χ1v) is 11.3. The Morgan fingerprint density at radius 2 is 1.57 bits per heavy atom. The van der Waals surface area contributed by atoms with Gasteiger partial charge in [0.2, 0.25) is 0 Å². The lowest BCUT2D eigenvalue weighted by atomic mass is 10.1. The number of rotatable bonds is 6. The lowest BCUT2D eigenvalue weighted by Crippen LogP contribution is -2.36. The molecule has 0 aromatic heterocycles. The van der Waals surface area contributed by atoms with E-state index in [0.717, 1.165) is 43.0 Å². The Hall–Kier alpha value is -2.38. The quantitative estimate of drug-likeness (QED) is 0.220. The van der Waals surface area contributed by atoms with Crippen LogP contribution in [0.25, 0.3) is 5.70 Å². The van der Waals surface area contributed by atoms with Crippen molar-refractivity contribution < 1.29 is 4.74 Å². The minimum Gasteiger partial charge on any atom is -0.399 e. The molecule has 1 unspecified atom stereocenters. The Bertz CT molecular complexity index is 656. The number of hydrogen-bond donors (Lipinski definition) is 3. The van der Waals surface area contributed by atoms with E-state index in [4.69, 9.17) is 10.5 Å². The number of anilines is 1. The van der Waals surface area contributed by atoms with Crippen molar-refractivity contribution in [1.29, 1.82) is 0 Å². The van der Waals surface area contributed by atoms with Gasteiger partial charge in [0, 0.05) is 30.6 Å². The largest absolute Gasteiger partial charge is 0.399 e. The number of hydrogen-bond acceptors (Lipinski definition) is 4. The molecule has 1 heterocycles. The Morgan fingerprint density at radius 1 is 1.03 bits per heavy atom. The monoisotopic (exact) mass is 415 g/mol. The number of allylic oxidation sites excluding steroid dienone is 1. The summed E-state index contributed by atoms with van der Waals surface area (Å²) < 4.78 is 5.13. The maximum absolute atomic E-state index is 5.71. The highest BCUT2D eigenvalue weighted by Crippen LogP contribution is 2.25. The fourth-order valence-electron chi connectivity index (χ4n) is 2.43. The van der Waals surface area contributed by atoms with Crippen molar-refractivity contribution in [1.82, 2.24) is 10.6 Å². The van der Waals surface area contributed by atoms with Crippen LogP contribution in [-0.4, -0.2) is 19.4 Å². The van der Waals surface area contributed by atoms with Gasteiger partial charge in [0.15, 0.2) is 0 Å². The molecule has 0 amide bonds. The van der Waals surface area contributed by atoms with E-state index in [-0.39, 0.29) is 6.17 Å². The van der Waals surface area contributed by atoms with Gasteiger partial charge >= 0.3 is 0 Å². The Kier molecular flexibility index (Phi) is 19.8. The van der Waals surface area contributed by atoms with E-state index in [1.165, 1.54) is 11.1 Å². The Labute approximate surface area is 186 Å². The lowest BCUT2D eigenvalue weighted by Gasteiger charge is -2.15. The van der Waals surface area contributed by atoms with Crippen LogP contribution in [0, 0.1) is 12.0 Å². The predicted molar refractivity (Wildman–Crippen MR) is 135 cm³/mol. The van der Waals surface area contributed by atoms with Gasteiger partial charge in [-0.3, -0.25) is 0 Å². The third-order valence-corrected chi connectivity index (χ3v) is 3.75. The highest BCUT2D eigenvalue weighted by Gasteiger charge is 2.21. The normalized spacial score (nSPS) is 13.4. The van der Waals surface area contributed by atoms with Crippen LogP contribution in [0.2, 0.25) is 0 Å². The van der Waals surface area contributed by atoms with Gasteiger partial charge in [-0.05, 0) is 63.0 Å². The van der Waals surface area contributed by atoms with E-state index >= 15 is 0 Å². The average molecular weight is 416 g/mol. The van der Waals surface area contributed by atoms with Gasteiger partial charge in [-0.1, -0.05) is 65.2 Å². The first-order valence-electron chi connectivity index (χ1n) is 11.3. The summed E-state index contributed by atoms with van der Waals surface area (Å²) in [4.78, 5) is 0. The second kappa shape index (κ2) is 19.9. The highest BCUT2D eigenvalue weighted by molar-refractivity contribution is 5.72. The molecular weight excluding hydrogens is 370 g/mol. The fraction of sp³-hybridized carbons (Fsp3) is 0.538. The van der Waals surface area contributed by atoms with Crippen LogP contribution in [0.5, 0.6) is 0 Å². The summed E-state index contributed by atoms with van der Waals surface area (Å²) in [6.07, 6.45) is 4.49. The van der Waals surface area contributed by atoms with Crippen molar-refractivity contribution in [2.24, 2.45) is 0 Å². The summed E-state index contributed by atoms with van der Waals surface area (Å²) in [5, 5.41) is 6.61. The molecule has 1 aliphatic heterocycles. The van der Waals surface area contributed by atoms with E-state index in [1.807, 2.05) is 58.9 Å². The summed E-state index contributed by atoms with van der Waals surface area (Å²) in [6, 6.07) is 10.8. The van der Waals surface area contributed by atoms with Crippen molar-refractivity contribution in [2.45, 2.75) is 81.3 Å². The molecule has 0 saturated carbocycles. The summed E-state index contributed by atoms with van der Waals surface area (Å²) in [6.45, 7) is 20.1. The third kappa shape index (κ3) is 12.2. The summed E-state index contributed by atoms with van der Waals surface area (Å²) in [7, 11) is 0. The molecule has 0 aliphatic carbocycles. The van der Waals surface area contributed by atoms with Crippen LogP contribution in [0.1, 0.15) is 80.7 Å². The molecule has 0 saturated heterocycles. The summed E-state index contributed by atoms with van der Waals surface area (Å²) >= 11 is 0. The van der Waals surface area contributed by atoms with Crippen LogP contribution < -0.4 is 16.4 Å². The van der Waals surface area contributed by atoms with Crippen LogP contribution in [0.4, 0.5) is 5.69 Å². The zero-order valence-electron chi connectivity index (χ0n) is 20.8. The minimum absolute atomic E-state index is 0.0463. The molecule has 2 rings (SSSR count). The predicted octanol–water partition coefficient (Wildman–Crippen LogP) is 6.32. The van der Waals surface area contributed by atoms with E-state index in [2.05, 4.69) is 56.4 Å². The number of nitrogens with two attached hydrogens (primary N) is 1. The molecule has 4 nitrogen and oxygen atoms in total. The van der Waals surface area contributed by atoms with Gasteiger partial charge in [0.1, 0.15) is 6.17 Å². The molecule has 1 atom stereocenters. The fourth-order valence-corrected chi connectivity index (χ4v) is 2.43. The van der Waals surface area contributed by atoms with Gasteiger partial charge in [-0.2, -0.15) is 0 Å². The van der Waals surface area contributed by atoms with Gasteiger partial charge in [-0.15, -0.1) is 0 Å². The van der Waals surface area contributed by atoms with Crippen LogP contribution >= 0.6 is 0 Å². The lowest BCUT2D eigenvalue weighted by molar-refractivity contribution is 0.135. The molecule has 0 bridgehead atoms. The molecule has 4 N–H and O–H groups in total. The molecule has 1 aromatic rings. The van der Waals surface area contributed by atoms with Gasteiger partial charge < -0.3 is 21.1 Å². The number of ether oxygens (including phenoxy) is 1. The minimum atomic E-state index is 0.0463. The van der Waals surface area contributed by atoms with Crippen molar-refractivity contribution in [2.75, 3.05) is 18.9 Å². The number of nitrogen functional groups attached to an aromatic ring is 1. The van der Waals surface area contributed by atoms with E-state index in [9.17, 15) is 0 Å². The summed E-state index contributed by atoms with van der Waals surface area (Å²) in [5.74, 6) is 2.85. The third-order valence-electron chi connectivity index (χ3n) is 3.75. The number of benzene rings is 1. The van der Waals surface area contributed by atoms with Crippen LogP contribution in [0.3, 0.4) is 0 Å². The topological polar surface area (TPSA) is 59.3 Å². The van der Waals surface area contributed by atoms with Gasteiger partial charge in [0.25, 0.3) is 0 Å². The molecule has 1 aliphatic rings. The Balaban J connectivity index is 0. The van der Waals surface area contributed by atoms with Crippen LogP contribution in [-0.2, 0) is 4.74 Å². The Morgan fingerprint density at radius 3 is 2.00 bits per heavy atom. The maximum atomic E-state index is 5.71. The average Bonchev–Trinajstić information content (AvgIpc) is 3.21. The van der Waals surface area contributed by atoms with Crippen molar-refractivity contribution in [3.8, 4) is 12.0 Å². The van der Waals surface area contributed by atoms with E-state index in [0.29, 0.717) is 0 Å². The maximum Gasteiger partial charge on any atom is 0.130 e. The second-order valence-corrected chi connectivity index (χ2v) is 6.34. The van der Waals surface area contributed by atoms with Crippen LogP contribution in [0.15, 0.2) is 41.5 Å². The summed E-state index contributed by atoms with van der Waals surface area (Å²) in [5.41, 5.74) is 11.2. The first kappa shape index (κ1) is 29.8. The van der Waals surface area contributed by atoms with E-state index < -0.39 is 0 Å². The second-order valence-electron chi connectivity index (χ2n) is 6.34. The molecule has 0 fully saturated rings. The van der Waals surface area contributed by atoms with Crippen molar-refractivity contribution >= 4 is 11.4 Å². The molecular formula is C26H45N3O. The molecule has 170 valence electrons. The molecule has 4 heteroatoms. The van der Waals surface area contributed by atoms with Gasteiger partial charge in [-0.25, -0.2) is 0 Å². The van der Waals surface area contributed by atoms with Gasteiger partial charge in [0.05, 0.1) is 0 Å². The standard InChI is InChI=1S/C16H19N3.C6H14O.2C2H6/c1-4-9-18-16-14(11(2)3)10-15(19-16)12-5-7-13(17)8-6-12;1-3-5-7-6-4-2;2*1-2/h5-8,10,16,18-19H,17H2,1-3H3;3-6H2,1-2H3;2*1-2H3. The highest BCUT2D eigenvalue weighted by atomic mass is 16.5. The number of nitrogens with one attached hydrogen (secondary N) is 2. The molecule has 0 spiro atoms. The zero-order valence-corrected chi connectivity index (χ0v) is 20.8. The smallest absolute Gasteiger partial charge is 0.130 e. The first-order chi connectivity index (χ1) is 14.5. The molecule has 30 heavy (non-hydrogen) atoms. The zero-order chi connectivity index (χ0) is 23.4. The van der Waals surface area contributed by atoms with Crippen molar-refractivity contribution in [3.05, 3.63) is 47.1 Å². The molecule has 0 radical (unpaired) electrons. The SMILES string of the molecule is CC.CC.CC#CNC1NC(c2ccc(N)cc2)=CC1=C(C)C.CCCOCCC.